The lowest BCUT2D eigenvalue weighted by Crippen LogP contribution is -2.69. The molecule has 25 heavy (non-hydrogen) atoms. The molecule has 0 aromatic carbocycles. The number of methoxy groups -OCH3 is 2. The van der Waals surface area contributed by atoms with Crippen molar-refractivity contribution in [1.82, 2.24) is 10.2 Å². The van der Waals surface area contributed by atoms with Gasteiger partial charge in [0, 0.05) is 11.8 Å². The van der Waals surface area contributed by atoms with Gasteiger partial charge in [-0.15, -0.1) is 0 Å². The fourth-order valence-corrected chi connectivity index (χ4v) is 2.42. The zero-order chi connectivity index (χ0) is 18.4. The number of β-lactam (4-membered cyclic amide) rings is 1. The van der Waals surface area contributed by atoms with Gasteiger partial charge in [-0.1, -0.05) is 6.08 Å². The summed E-state index contributed by atoms with van der Waals surface area (Å²) in [6, 6.07) is 2.53. The van der Waals surface area contributed by atoms with Crippen LogP contribution in [0, 0.1) is 0 Å². The number of hydrogen-bond donors (Lipinski definition) is 1. The summed E-state index contributed by atoms with van der Waals surface area (Å²) < 4.78 is 14.4. The van der Waals surface area contributed by atoms with Gasteiger partial charge in [-0.05, 0) is 25.1 Å². The van der Waals surface area contributed by atoms with Crippen molar-refractivity contribution in [3.05, 3.63) is 42.0 Å². The van der Waals surface area contributed by atoms with Gasteiger partial charge in [0.15, 0.2) is 0 Å². The standard InChI is InChI=1S/C17H20N2O6/c1-11(9-14(20)23-2)18-16-13(7-6-12-5-4-8-25-12)19(17(16)22)10-15(21)24-3/h4-9,13,16,18H,10H2,1-3H3/b7-6+,11-9+/t13-,16+/m1/s1. The third-order valence-corrected chi connectivity index (χ3v) is 3.70. The monoisotopic (exact) mass is 348 g/mol. The smallest absolute Gasteiger partial charge is 0.332 e. The Hall–Kier alpha value is -3.03. The predicted molar refractivity (Wildman–Crippen MR) is 88.0 cm³/mol. The normalized spacial score (nSPS) is 20.4. The molecule has 2 atom stereocenters. The number of ether oxygens (including phenoxy) is 2. The highest BCUT2D eigenvalue weighted by molar-refractivity contribution is 5.93. The summed E-state index contributed by atoms with van der Waals surface area (Å²) in [5, 5.41) is 2.97. The molecule has 8 nitrogen and oxygen atoms in total. The Morgan fingerprint density at radius 2 is 2.12 bits per heavy atom. The number of rotatable bonds is 7. The highest BCUT2D eigenvalue weighted by atomic mass is 16.5. The molecule has 1 fully saturated rings. The molecular weight excluding hydrogens is 328 g/mol. The summed E-state index contributed by atoms with van der Waals surface area (Å²) in [5.41, 5.74) is 0.485. The largest absolute Gasteiger partial charge is 0.468 e. The Morgan fingerprint density at radius 1 is 1.36 bits per heavy atom. The van der Waals surface area contributed by atoms with Crippen molar-refractivity contribution >= 4 is 23.9 Å². The molecule has 0 radical (unpaired) electrons. The number of carbonyl (C=O) groups excluding carboxylic acids is 3. The SMILES string of the molecule is COC(=O)/C=C(\C)N[C@@H]1C(=O)N(CC(=O)OC)[C@@H]1/C=C/c1ccco1. The van der Waals surface area contributed by atoms with E-state index in [4.69, 9.17) is 4.42 Å². The van der Waals surface area contributed by atoms with E-state index in [2.05, 4.69) is 14.8 Å². The van der Waals surface area contributed by atoms with Crippen LogP contribution in [0.2, 0.25) is 0 Å². The van der Waals surface area contributed by atoms with Crippen molar-refractivity contribution in [3.63, 3.8) is 0 Å². The summed E-state index contributed by atoms with van der Waals surface area (Å²) >= 11 is 0. The maximum Gasteiger partial charge on any atom is 0.332 e. The van der Waals surface area contributed by atoms with Crippen LogP contribution in [0.5, 0.6) is 0 Å². The quantitative estimate of drug-likeness (QED) is 0.440. The number of nitrogens with zero attached hydrogens (tertiary/aromatic N) is 1. The molecule has 1 aliphatic heterocycles. The van der Waals surface area contributed by atoms with Gasteiger partial charge in [-0.25, -0.2) is 4.79 Å². The van der Waals surface area contributed by atoms with Crippen molar-refractivity contribution < 1.29 is 28.3 Å². The zero-order valence-electron chi connectivity index (χ0n) is 14.2. The number of furan rings is 1. The minimum Gasteiger partial charge on any atom is -0.468 e. The van der Waals surface area contributed by atoms with Crippen molar-refractivity contribution in [2.45, 2.75) is 19.0 Å². The number of hydrogen-bond acceptors (Lipinski definition) is 7. The summed E-state index contributed by atoms with van der Waals surface area (Å²) in [4.78, 5) is 36.5. The molecule has 1 N–H and O–H groups in total. The van der Waals surface area contributed by atoms with Crippen molar-refractivity contribution in [3.8, 4) is 0 Å². The first-order valence-electron chi connectivity index (χ1n) is 7.58. The van der Waals surface area contributed by atoms with E-state index in [-0.39, 0.29) is 12.5 Å². The molecule has 1 aromatic heterocycles. The number of likely N-dealkylation sites (tertiary alicyclic amines) is 1. The second kappa shape index (κ2) is 8.18. The lowest BCUT2D eigenvalue weighted by molar-refractivity contribution is -0.157. The molecular formula is C17H20N2O6. The van der Waals surface area contributed by atoms with Gasteiger partial charge in [0.25, 0.3) is 0 Å². The lowest BCUT2D eigenvalue weighted by Gasteiger charge is -2.45. The van der Waals surface area contributed by atoms with Gasteiger partial charge in [0.2, 0.25) is 5.91 Å². The Morgan fingerprint density at radius 3 is 2.72 bits per heavy atom. The molecule has 1 aromatic rings. The molecule has 8 heteroatoms. The summed E-state index contributed by atoms with van der Waals surface area (Å²) in [7, 11) is 2.53. The summed E-state index contributed by atoms with van der Waals surface area (Å²) in [6.07, 6.45) is 6.27. The molecule has 0 aliphatic carbocycles. The van der Waals surface area contributed by atoms with Crippen molar-refractivity contribution in [1.29, 1.82) is 0 Å². The van der Waals surface area contributed by atoms with Crippen molar-refractivity contribution in [2.24, 2.45) is 0 Å². The van der Waals surface area contributed by atoms with E-state index in [9.17, 15) is 14.4 Å². The minimum absolute atomic E-state index is 0.152. The van der Waals surface area contributed by atoms with Gasteiger partial charge in [-0.2, -0.15) is 0 Å². The maximum absolute atomic E-state index is 12.3. The first-order valence-corrected chi connectivity index (χ1v) is 7.58. The highest BCUT2D eigenvalue weighted by Crippen LogP contribution is 2.23. The second-order valence-corrected chi connectivity index (χ2v) is 5.38. The molecule has 0 bridgehead atoms. The van der Waals surface area contributed by atoms with Crippen LogP contribution < -0.4 is 5.32 Å². The molecule has 1 aliphatic rings. The molecule has 1 amide bonds. The average Bonchev–Trinajstić information content (AvgIpc) is 3.12. The average molecular weight is 348 g/mol. The Kier molecular flexibility index (Phi) is 5.99. The second-order valence-electron chi connectivity index (χ2n) is 5.38. The topological polar surface area (TPSA) is 98.1 Å². The number of nitrogens with one attached hydrogen (secondary N) is 1. The summed E-state index contributed by atoms with van der Waals surface area (Å²) in [6.45, 7) is 1.50. The molecule has 2 heterocycles. The van der Waals surface area contributed by atoms with Crippen LogP contribution in [0.4, 0.5) is 0 Å². The third kappa shape index (κ3) is 4.50. The van der Waals surface area contributed by atoms with Gasteiger partial charge in [-0.3, -0.25) is 9.59 Å². The fraction of sp³-hybridized carbons (Fsp3) is 0.353. The van der Waals surface area contributed by atoms with E-state index in [1.807, 2.05) is 0 Å². The molecule has 134 valence electrons. The zero-order valence-corrected chi connectivity index (χ0v) is 14.2. The number of carbonyl (C=O) groups is 3. The fourth-order valence-electron chi connectivity index (χ4n) is 2.42. The van der Waals surface area contributed by atoms with Crippen LogP contribution in [0.3, 0.4) is 0 Å². The van der Waals surface area contributed by atoms with Crippen LogP contribution in [-0.4, -0.2) is 55.6 Å². The van der Waals surface area contributed by atoms with Crippen LogP contribution in [-0.2, 0) is 23.9 Å². The van der Waals surface area contributed by atoms with Gasteiger partial charge in [0.1, 0.15) is 18.3 Å². The van der Waals surface area contributed by atoms with Crippen LogP contribution in [0.25, 0.3) is 6.08 Å². The third-order valence-electron chi connectivity index (χ3n) is 3.70. The maximum atomic E-state index is 12.3. The number of esters is 2. The van der Waals surface area contributed by atoms with Crippen LogP contribution in [0.1, 0.15) is 12.7 Å². The van der Waals surface area contributed by atoms with E-state index < -0.39 is 24.0 Å². The van der Waals surface area contributed by atoms with E-state index in [0.29, 0.717) is 11.5 Å². The van der Waals surface area contributed by atoms with Crippen LogP contribution >= 0.6 is 0 Å². The van der Waals surface area contributed by atoms with Crippen molar-refractivity contribution in [2.75, 3.05) is 20.8 Å². The highest BCUT2D eigenvalue weighted by Gasteiger charge is 2.46. The van der Waals surface area contributed by atoms with E-state index >= 15 is 0 Å². The van der Waals surface area contributed by atoms with Gasteiger partial charge in [0.05, 0.1) is 26.5 Å². The Labute approximate surface area is 145 Å². The number of allylic oxidation sites excluding steroid dienone is 1. The molecule has 0 spiro atoms. The molecule has 1 saturated heterocycles. The van der Waals surface area contributed by atoms with E-state index in [1.165, 1.54) is 31.5 Å². The molecule has 0 saturated carbocycles. The predicted octanol–water partition coefficient (Wildman–Crippen LogP) is 0.712. The molecule has 2 rings (SSSR count). The van der Waals surface area contributed by atoms with Crippen LogP contribution in [0.15, 0.2) is 40.7 Å². The lowest BCUT2D eigenvalue weighted by atomic mass is 9.93. The van der Waals surface area contributed by atoms with E-state index in [1.54, 1.807) is 31.2 Å². The number of amides is 1. The first kappa shape index (κ1) is 18.3. The Balaban J connectivity index is 2.13. The molecule has 0 unspecified atom stereocenters. The Bertz CT molecular complexity index is 692. The minimum atomic E-state index is -0.600. The summed E-state index contributed by atoms with van der Waals surface area (Å²) in [5.74, 6) is -0.675. The van der Waals surface area contributed by atoms with E-state index in [0.717, 1.165) is 0 Å². The van der Waals surface area contributed by atoms with Gasteiger partial charge >= 0.3 is 11.9 Å². The van der Waals surface area contributed by atoms with Gasteiger partial charge < -0.3 is 24.1 Å². The first-order chi connectivity index (χ1) is 12.0.